The zero-order valence-corrected chi connectivity index (χ0v) is 15.4. The smallest absolute Gasteiger partial charge is 0.419 e. The average Bonchev–Trinajstić information content (AvgIpc) is 3.02. The summed E-state index contributed by atoms with van der Waals surface area (Å²) in [6.45, 7) is 1.46. The molecule has 4 rings (SSSR count). The summed E-state index contributed by atoms with van der Waals surface area (Å²) in [6, 6.07) is 14.6. The van der Waals surface area contributed by atoms with Crippen LogP contribution < -0.4 is 5.43 Å². The summed E-state index contributed by atoms with van der Waals surface area (Å²) in [5, 5.41) is 0. The van der Waals surface area contributed by atoms with Gasteiger partial charge in [-0.25, -0.2) is 4.79 Å². The predicted molar refractivity (Wildman–Crippen MR) is 103 cm³/mol. The summed E-state index contributed by atoms with van der Waals surface area (Å²) in [4.78, 5) is 25.4. The first kappa shape index (κ1) is 19.0. The van der Waals surface area contributed by atoms with Crippen LogP contribution in [0.1, 0.15) is 34.0 Å². The second kappa shape index (κ2) is 6.92. The van der Waals surface area contributed by atoms with Crippen molar-refractivity contribution in [3.63, 3.8) is 0 Å². The molecule has 1 aromatic carbocycles. The number of halogens is 3. The molecule has 0 aliphatic heterocycles. The van der Waals surface area contributed by atoms with E-state index in [1.54, 1.807) is 24.3 Å². The van der Waals surface area contributed by atoms with E-state index in [9.17, 15) is 22.8 Å². The fourth-order valence-electron chi connectivity index (χ4n) is 3.68. The van der Waals surface area contributed by atoms with E-state index in [-0.39, 0.29) is 40.6 Å². The molecule has 148 valence electrons. The van der Waals surface area contributed by atoms with E-state index in [2.05, 4.69) is 0 Å². The molecule has 0 N–H and O–H groups in total. The van der Waals surface area contributed by atoms with Gasteiger partial charge < -0.3 is 9.14 Å². The molecule has 3 aromatic heterocycles. The lowest BCUT2D eigenvalue weighted by atomic mass is 10.0. The lowest BCUT2D eigenvalue weighted by Gasteiger charge is -2.10. The summed E-state index contributed by atoms with van der Waals surface area (Å²) >= 11 is 0. The highest BCUT2D eigenvalue weighted by Crippen LogP contribution is 2.40. The van der Waals surface area contributed by atoms with Gasteiger partial charge in [0.25, 0.3) is 0 Å². The van der Waals surface area contributed by atoms with Gasteiger partial charge in [0.05, 0.1) is 34.3 Å². The molecule has 0 fully saturated rings. The number of nitrogens with zero attached hydrogens (tertiary/aromatic N) is 1. The molecule has 0 amide bonds. The summed E-state index contributed by atoms with van der Waals surface area (Å²) < 4.78 is 48.1. The third-order valence-electron chi connectivity index (χ3n) is 4.83. The molecule has 0 radical (unpaired) electrons. The van der Waals surface area contributed by atoms with Crippen LogP contribution in [0.5, 0.6) is 0 Å². The van der Waals surface area contributed by atoms with Crippen molar-refractivity contribution in [2.45, 2.75) is 19.5 Å². The highest BCUT2D eigenvalue weighted by molar-refractivity contribution is 6.03. The highest BCUT2D eigenvalue weighted by Gasteiger charge is 2.41. The molecule has 0 bridgehead atoms. The second-order valence-corrected chi connectivity index (χ2v) is 6.65. The molecule has 0 saturated carbocycles. The Morgan fingerprint density at radius 2 is 1.69 bits per heavy atom. The van der Waals surface area contributed by atoms with Crippen molar-refractivity contribution in [2.24, 2.45) is 0 Å². The summed E-state index contributed by atoms with van der Waals surface area (Å²) in [5.41, 5.74) is -1.11. The minimum Gasteiger partial charge on any atom is -0.462 e. The SMILES string of the molecule is CCOC(=O)c1c(C(F)(F)F)c2cc(Cc3ccccc3)c(=O)c3cccc1n23. The van der Waals surface area contributed by atoms with Gasteiger partial charge in [0, 0.05) is 12.0 Å². The largest absolute Gasteiger partial charge is 0.462 e. The fourth-order valence-corrected chi connectivity index (χ4v) is 3.68. The van der Waals surface area contributed by atoms with Gasteiger partial charge in [-0.2, -0.15) is 13.2 Å². The van der Waals surface area contributed by atoms with Gasteiger partial charge in [-0.05, 0) is 30.7 Å². The quantitative estimate of drug-likeness (QED) is 0.469. The zero-order valence-electron chi connectivity index (χ0n) is 15.4. The lowest BCUT2D eigenvalue weighted by Crippen LogP contribution is -2.15. The number of alkyl halides is 3. The van der Waals surface area contributed by atoms with Gasteiger partial charge in [-0.15, -0.1) is 0 Å². The Bertz CT molecular complexity index is 1260. The van der Waals surface area contributed by atoms with E-state index >= 15 is 0 Å². The average molecular weight is 399 g/mol. The zero-order chi connectivity index (χ0) is 20.8. The van der Waals surface area contributed by atoms with Gasteiger partial charge in [-0.1, -0.05) is 36.4 Å². The molecular weight excluding hydrogens is 383 g/mol. The van der Waals surface area contributed by atoms with Crippen LogP contribution >= 0.6 is 0 Å². The highest BCUT2D eigenvalue weighted by atomic mass is 19.4. The maximum atomic E-state index is 14.0. The van der Waals surface area contributed by atoms with E-state index in [1.807, 2.05) is 6.07 Å². The number of hydrogen-bond donors (Lipinski definition) is 0. The predicted octanol–water partition coefficient (Wildman–Crippen LogP) is 4.68. The number of aromatic nitrogens is 1. The molecule has 0 atom stereocenters. The van der Waals surface area contributed by atoms with Gasteiger partial charge in [0.15, 0.2) is 0 Å². The Morgan fingerprint density at radius 1 is 1.00 bits per heavy atom. The van der Waals surface area contributed by atoms with Gasteiger partial charge in [-0.3, -0.25) is 4.79 Å². The van der Waals surface area contributed by atoms with Crippen molar-refractivity contribution in [1.82, 2.24) is 4.40 Å². The molecule has 4 nitrogen and oxygen atoms in total. The van der Waals surface area contributed by atoms with Crippen molar-refractivity contribution < 1.29 is 22.7 Å². The van der Waals surface area contributed by atoms with Crippen molar-refractivity contribution >= 4 is 22.5 Å². The first-order valence-corrected chi connectivity index (χ1v) is 9.04. The molecule has 0 aliphatic rings. The summed E-state index contributed by atoms with van der Waals surface area (Å²) in [7, 11) is 0. The summed E-state index contributed by atoms with van der Waals surface area (Å²) in [6.07, 6.45) is -4.61. The van der Waals surface area contributed by atoms with Gasteiger partial charge in [0.1, 0.15) is 0 Å². The van der Waals surface area contributed by atoms with Crippen LogP contribution in [0.15, 0.2) is 59.4 Å². The van der Waals surface area contributed by atoms with Crippen LogP contribution in [0.2, 0.25) is 0 Å². The topological polar surface area (TPSA) is 47.8 Å². The molecule has 0 saturated heterocycles. The number of carbonyl (C=O) groups is 1. The van der Waals surface area contributed by atoms with Crippen molar-refractivity contribution in [3.05, 3.63) is 87.1 Å². The van der Waals surface area contributed by atoms with Crippen molar-refractivity contribution in [1.29, 1.82) is 0 Å². The molecule has 3 heterocycles. The minimum atomic E-state index is -4.80. The third-order valence-corrected chi connectivity index (χ3v) is 4.83. The minimum absolute atomic E-state index is 0.00614. The van der Waals surface area contributed by atoms with E-state index in [0.29, 0.717) is 0 Å². The number of pyridine rings is 2. The number of hydrogen-bond acceptors (Lipinski definition) is 3. The van der Waals surface area contributed by atoms with Crippen LogP contribution in [-0.2, 0) is 17.3 Å². The van der Waals surface area contributed by atoms with E-state index in [0.717, 1.165) is 5.56 Å². The van der Waals surface area contributed by atoms with Crippen molar-refractivity contribution in [2.75, 3.05) is 6.61 Å². The molecule has 0 spiro atoms. The monoisotopic (exact) mass is 399 g/mol. The first-order valence-electron chi connectivity index (χ1n) is 9.04. The van der Waals surface area contributed by atoms with Crippen molar-refractivity contribution in [3.8, 4) is 0 Å². The molecule has 0 aliphatic carbocycles. The number of benzene rings is 1. The Kier molecular flexibility index (Phi) is 4.53. The number of rotatable bonds is 4. The van der Waals surface area contributed by atoms with Gasteiger partial charge >= 0.3 is 12.1 Å². The van der Waals surface area contributed by atoms with Crippen LogP contribution in [-0.4, -0.2) is 17.0 Å². The number of esters is 1. The standard InChI is InChI=1S/C22H16F3NO3/c1-2-29-21(28)18-15-9-6-10-16-20(27)14(11-13-7-4-3-5-8-13)12-17(26(15)16)19(18)22(23,24)25/h3-10,12H,2,11H2,1H3. The van der Waals surface area contributed by atoms with E-state index in [4.69, 9.17) is 4.74 Å². The Balaban J connectivity index is 2.08. The van der Waals surface area contributed by atoms with E-state index < -0.39 is 23.3 Å². The number of carbonyl (C=O) groups excluding carboxylic acids is 1. The van der Waals surface area contributed by atoms with Crippen LogP contribution in [0.4, 0.5) is 13.2 Å². The molecular formula is C22H16F3NO3. The molecule has 4 aromatic rings. The Labute approximate surface area is 163 Å². The van der Waals surface area contributed by atoms with Crippen LogP contribution in [0.3, 0.4) is 0 Å². The van der Waals surface area contributed by atoms with E-state index in [1.165, 1.54) is 35.6 Å². The Morgan fingerprint density at radius 3 is 2.34 bits per heavy atom. The second-order valence-electron chi connectivity index (χ2n) is 6.65. The fraction of sp³-hybridized carbons (Fsp3) is 0.182. The number of ether oxygens (including phenoxy) is 1. The summed E-state index contributed by atoms with van der Waals surface area (Å²) in [5.74, 6) is -1.06. The van der Waals surface area contributed by atoms with Gasteiger partial charge in [0.2, 0.25) is 5.43 Å². The lowest BCUT2D eigenvalue weighted by molar-refractivity contribution is -0.136. The van der Waals surface area contributed by atoms with Crippen LogP contribution in [0.25, 0.3) is 16.6 Å². The maximum absolute atomic E-state index is 14.0. The first-order chi connectivity index (χ1) is 13.8. The normalized spacial score (nSPS) is 12.0. The molecule has 0 unspecified atom stereocenters. The third kappa shape index (κ3) is 3.12. The Hall–Kier alpha value is -3.35. The maximum Gasteiger partial charge on any atom is 0.419 e. The molecule has 7 heteroatoms. The molecule has 29 heavy (non-hydrogen) atoms. The van der Waals surface area contributed by atoms with Crippen LogP contribution in [0, 0.1) is 0 Å².